The molecular formula is C7H12O4. The Morgan fingerprint density at radius 1 is 1.36 bits per heavy atom. The third-order valence-corrected chi connectivity index (χ3v) is 2.35. The van der Waals surface area contributed by atoms with Crippen molar-refractivity contribution in [1.29, 1.82) is 0 Å². The van der Waals surface area contributed by atoms with Gasteiger partial charge in [0.25, 0.3) is 0 Å². The van der Waals surface area contributed by atoms with Gasteiger partial charge in [-0.1, -0.05) is 0 Å². The minimum absolute atomic E-state index is 0.00231. The summed E-state index contributed by atoms with van der Waals surface area (Å²) in [5.74, 6) is 0.0139. The predicted molar refractivity (Wildman–Crippen MR) is 36.0 cm³/mol. The van der Waals surface area contributed by atoms with Crippen LogP contribution in [0.3, 0.4) is 0 Å². The molecular weight excluding hydrogens is 148 g/mol. The fourth-order valence-corrected chi connectivity index (χ4v) is 1.71. The van der Waals surface area contributed by atoms with E-state index in [1.165, 1.54) is 0 Å². The summed E-state index contributed by atoms with van der Waals surface area (Å²) in [4.78, 5) is 0. The molecule has 2 rings (SSSR count). The normalized spacial score (nSPS) is 49.6. The number of aliphatic hydroxyl groups excluding tert-OH is 1. The summed E-state index contributed by atoms with van der Waals surface area (Å²) in [6.07, 6.45) is -0.667. The van der Waals surface area contributed by atoms with Crippen LogP contribution in [0.2, 0.25) is 0 Å². The van der Waals surface area contributed by atoms with E-state index in [0.29, 0.717) is 13.2 Å². The van der Waals surface area contributed by atoms with Gasteiger partial charge in [0.2, 0.25) is 0 Å². The summed E-state index contributed by atoms with van der Waals surface area (Å²) in [5, 5.41) is 9.42. The maximum Gasteiger partial charge on any atom is 0.165 e. The lowest BCUT2D eigenvalue weighted by Crippen LogP contribution is -2.31. The molecule has 0 saturated carbocycles. The molecule has 2 aliphatic heterocycles. The van der Waals surface area contributed by atoms with Crippen molar-refractivity contribution >= 4 is 0 Å². The Morgan fingerprint density at radius 2 is 2.09 bits per heavy atom. The van der Waals surface area contributed by atoms with E-state index in [4.69, 9.17) is 14.2 Å². The summed E-state index contributed by atoms with van der Waals surface area (Å²) in [7, 11) is 1.63. The van der Waals surface area contributed by atoms with Crippen LogP contribution in [0.25, 0.3) is 0 Å². The lowest BCUT2D eigenvalue weighted by atomic mass is 10.0. The minimum atomic E-state index is -0.424. The molecule has 0 aromatic carbocycles. The molecule has 0 aliphatic carbocycles. The Bertz CT molecular complexity index is 149. The van der Waals surface area contributed by atoms with Gasteiger partial charge < -0.3 is 19.3 Å². The van der Waals surface area contributed by atoms with Gasteiger partial charge in [-0.15, -0.1) is 0 Å². The maximum absolute atomic E-state index is 9.42. The van der Waals surface area contributed by atoms with Crippen molar-refractivity contribution in [1.82, 2.24) is 0 Å². The quantitative estimate of drug-likeness (QED) is 0.554. The Labute approximate surface area is 65.1 Å². The van der Waals surface area contributed by atoms with Gasteiger partial charge in [-0.3, -0.25) is 0 Å². The predicted octanol–water partition coefficient (Wildman–Crippen LogP) is -0.635. The highest BCUT2D eigenvalue weighted by molar-refractivity contribution is 4.89. The molecule has 0 aromatic heterocycles. The SMILES string of the molecule is CO[C@H]1CO[C@@H]2OC[C@H](O)[C@@H]21. The highest BCUT2D eigenvalue weighted by atomic mass is 16.7. The molecule has 0 radical (unpaired) electrons. The molecule has 2 saturated heterocycles. The molecule has 2 aliphatic rings. The second-order valence-electron chi connectivity index (χ2n) is 2.95. The van der Waals surface area contributed by atoms with Gasteiger partial charge in [0.1, 0.15) is 0 Å². The van der Waals surface area contributed by atoms with Gasteiger partial charge in [0.05, 0.1) is 31.3 Å². The van der Waals surface area contributed by atoms with E-state index < -0.39 is 6.10 Å². The minimum Gasteiger partial charge on any atom is -0.390 e. The molecule has 64 valence electrons. The molecule has 1 N–H and O–H groups in total. The fourth-order valence-electron chi connectivity index (χ4n) is 1.71. The van der Waals surface area contributed by atoms with Gasteiger partial charge in [-0.2, -0.15) is 0 Å². The summed E-state index contributed by atoms with van der Waals surface area (Å²) < 4.78 is 15.5. The van der Waals surface area contributed by atoms with Crippen molar-refractivity contribution in [2.45, 2.75) is 18.5 Å². The second-order valence-corrected chi connectivity index (χ2v) is 2.95. The standard InChI is InChI=1S/C7H12O4/c1-9-5-3-11-7-6(5)4(8)2-10-7/h4-8H,2-3H2,1H3/t4-,5-,6+,7-/m0/s1. The summed E-state index contributed by atoms with van der Waals surface area (Å²) >= 11 is 0. The highest BCUT2D eigenvalue weighted by Crippen LogP contribution is 2.32. The van der Waals surface area contributed by atoms with Gasteiger partial charge in [-0.05, 0) is 0 Å². The van der Waals surface area contributed by atoms with Crippen molar-refractivity contribution in [2.24, 2.45) is 5.92 Å². The van der Waals surface area contributed by atoms with Crippen LogP contribution in [-0.2, 0) is 14.2 Å². The molecule has 4 atom stereocenters. The first-order valence-corrected chi connectivity index (χ1v) is 3.77. The van der Waals surface area contributed by atoms with Crippen LogP contribution in [0.5, 0.6) is 0 Å². The smallest absolute Gasteiger partial charge is 0.165 e. The Balaban J connectivity index is 2.07. The van der Waals surface area contributed by atoms with E-state index in [1.54, 1.807) is 7.11 Å². The van der Waals surface area contributed by atoms with E-state index in [-0.39, 0.29) is 18.3 Å². The first-order chi connectivity index (χ1) is 5.33. The first kappa shape index (κ1) is 7.49. The number of methoxy groups -OCH3 is 1. The van der Waals surface area contributed by atoms with Gasteiger partial charge in [0.15, 0.2) is 6.29 Å². The molecule has 2 heterocycles. The molecule has 11 heavy (non-hydrogen) atoms. The van der Waals surface area contributed by atoms with Crippen LogP contribution in [0.15, 0.2) is 0 Å². The van der Waals surface area contributed by atoms with Gasteiger partial charge in [-0.25, -0.2) is 0 Å². The Morgan fingerprint density at radius 3 is 2.82 bits per heavy atom. The molecule has 0 amide bonds. The number of aliphatic hydroxyl groups is 1. The topological polar surface area (TPSA) is 47.9 Å². The van der Waals surface area contributed by atoms with Crippen molar-refractivity contribution in [3.05, 3.63) is 0 Å². The third-order valence-electron chi connectivity index (χ3n) is 2.35. The molecule has 4 heteroatoms. The monoisotopic (exact) mass is 160 g/mol. The van der Waals surface area contributed by atoms with Crippen molar-refractivity contribution in [3.8, 4) is 0 Å². The van der Waals surface area contributed by atoms with Gasteiger partial charge in [0, 0.05) is 7.11 Å². The molecule has 0 spiro atoms. The fraction of sp³-hybridized carbons (Fsp3) is 1.00. The molecule has 0 unspecified atom stereocenters. The van der Waals surface area contributed by atoms with Crippen molar-refractivity contribution in [2.75, 3.05) is 20.3 Å². The third kappa shape index (κ3) is 1.06. The molecule has 2 fully saturated rings. The zero-order chi connectivity index (χ0) is 7.84. The number of hydrogen-bond donors (Lipinski definition) is 1. The van der Waals surface area contributed by atoms with Crippen LogP contribution in [0, 0.1) is 5.92 Å². The molecule has 0 bridgehead atoms. The van der Waals surface area contributed by atoms with E-state index >= 15 is 0 Å². The average molecular weight is 160 g/mol. The van der Waals surface area contributed by atoms with Gasteiger partial charge >= 0.3 is 0 Å². The zero-order valence-corrected chi connectivity index (χ0v) is 6.40. The van der Waals surface area contributed by atoms with Crippen LogP contribution in [0.1, 0.15) is 0 Å². The summed E-state index contributed by atoms with van der Waals surface area (Å²) in [6, 6.07) is 0. The summed E-state index contributed by atoms with van der Waals surface area (Å²) in [5.41, 5.74) is 0. The van der Waals surface area contributed by atoms with E-state index in [0.717, 1.165) is 0 Å². The largest absolute Gasteiger partial charge is 0.390 e. The van der Waals surface area contributed by atoms with Crippen LogP contribution >= 0.6 is 0 Å². The number of rotatable bonds is 1. The van der Waals surface area contributed by atoms with Crippen LogP contribution in [0.4, 0.5) is 0 Å². The highest BCUT2D eigenvalue weighted by Gasteiger charge is 2.47. The van der Waals surface area contributed by atoms with E-state index in [9.17, 15) is 5.11 Å². The average Bonchev–Trinajstić information content (AvgIpc) is 2.54. The van der Waals surface area contributed by atoms with Crippen LogP contribution < -0.4 is 0 Å². The zero-order valence-electron chi connectivity index (χ0n) is 6.40. The van der Waals surface area contributed by atoms with E-state index in [1.807, 2.05) is 0 Å². The maximum atomic E-state index is 9.42. The number of fused-ring (bicyclic) bond motifs is 1. The number of hydrogen-bond acceptors (Lipinski definition) is 4. The molecule has 4 nitrogen and oxygen atoms in total. The second kappa shape index (κ2) is 2.71. The first-order valence-electron chi connectivity index (χ1n) is 3.77. The Hall–Kier alpha value is -0.160. The summed E-state index contributed by atoms with van der Waals surface area (Å²) in [6.45, 7) is 0.901. The van der Waals surface area contributed by atoms with Crippen molar-refractivity contribution < 1.29 is 19.3 Å². The lowest BCUT2D eigenvalue weighted by Gasteiger charge is -2.15. The Kier molecular flexibility index (Phi) is 1.85. The number of ether oxygens (including phenoxy) is 3. The van der Waals surface area contributed by atoms with E-state index in [2.05, 4.69) is 0 Å². The molecule has 0 aromatic rings. The van der Waals surface area contributed by atoms with Crippen LogP contribution in [-0.4, -0.2) is 43.9 Å². The van der Waals surface area contributed by atoms with Crippen molar-refractivity contribution in [3.63, 3.8) is 0 Å². The lowest BCUT2D eigenvalue weighted by molar-refractivity contribution is -0.0912.